The Bertz CT molecular complexity index is 702. The van der Waals surface area contributed by atoms with Gasteiger partial charge in [0.05, 0.1) is 12.8 Å². The smallest absolute Gasteiger partial charge is 0.345 e. The molecular weight excluding hydrogens is 282 g/mol. The van der Waals surface area contributed by atoms with Crippen molar-refractivity contribution in [3.63, 3.8) is 0 Å². The van der Waals surface area contributed by atoms with E-state index in [1.165, 1.54) is 7.11 Å². The first kappa shape index (κ1) is 13.6. The molecule has 1 aliphatic heterocycles. The number of carbonyl (C=O) groups is 2. The van der Waals surface area contributed by atoms with Crippen LogP contribution in [0.3, 0.4) is 0 Å². The van der Waals surface area contributed by atoms with Crippen LogP contribution in [-0.4, -0.2) is 28.5 Å². The van der Waals surface area contributed by atoms with Gasteiger partial charge < -0.3 is 14.4 Å². The Morgan fingerprint density at radius 2 is 2.05 bits per heavy atom. The molecule has 2 aliphatic carbocycles. The van der Waals surface area contributed by atoms with E-state index >= 15 is 0 Å². The molecular formula is C17H19NO4. The molecule has 0 bridgehead atoms. The van der Waals surface area contributed by atoms with E-state index in [1.54, 1.807) is 0 Å². The first-order chi connectivity index (χ1) is 10.6. The van der Waals surface area contributed by atoms with Gasteiger partial charge in [-0.15, -0.1) is 0 Å². The predicted molar refractivity (Wildman–Crippen MR) is 78.9 cm³/mol. The van der Waals surface area contributed by atoms with Gasteiger partial charge in [-0.25, -0.2) is 4.79 Å². The number of esters is 1. The summed E-state index contributed by atoms with van der Waals surface area (Å²) < 4.78 is 6.68. The highest BCUT2D eigenvalue weighted by Crippen LogP contribution is 2.50. The molecule has 1 spiro atoms. The highest BCUT2D eigenvalue weighted by atomic mass is 16.5. The van der Waals surface area contributed by atoms with Gasteiger partial charge in [0.15, 0.2) is 0 Å². The number of ether oxygens (including phenoxy) is 1. The fourth-order valence-corrected chi connectivity index (χ4v) is 4.07. The number of ketones is 1. The van der Waals surface area contributed by atoms with Crippen LogP contribution in [0.25, 0.3) is 0 Å². The second-order valence-corrected chi connectivity index (χ2v) is 6.55. The van der Waals surface area contributed by atoms with Gasteiger partial charge in [-0.1, -0.05) is 12.8 Å². The number of carbonyl (C=O) groups excluding carboxylic acids is 2. The molecule has 22 heavy (non-hydrogen) atoms. The minimum Gasteiger partial charge on any atom is -0.509 e. The van der Waals surface area contributed by atoms with E-state index in [0.29, 0.717) is 11.6 Å². The lowest BCUT2D eigenvalue weighted by molar-refractivity contribution is -0.136. The molecule has 1 N–H and O–H groups in total. The second kappa shape index (κ2) is 4.48. The minimum absolute atomic E-state index is 0.104. The van der Waals surface area contributed by atoms with Crippen LogP contribution < -0.4 is 0 Å². The Morgan fingerprint density at radius 1 is 1.36 bits per heavy atom. The van der Waals surface area contributed by atoms with Crippen molar-refractivity contribution < 1.29 is 19.4 Å². The van der Waals surface area contributed by atoms with Crippen LogP contribution in [0.15, 0.2) is 23.6 Å². The Hall–Kier alpha value is -2.04. The van der Waals surface area contributed by atoms with E-state index in [2.05, 4.69) is 0 Å². The minimum atomic E-state index is -0.733. The van der Waals surface area contributed by atoms with Crippen molar-refractivity contribution in [2.45, 2.75) is 50.0 Å². The first-order valence-electron chi connectivity index (χ1n) is 7.88. The SMILES string of the molecule is COC(=O)C1=C(O)C2(CCCC2)n2ccc(C3CC3)c2C1=O. The molecule has 0 atom stereocenters. The number of nitrogens with zero attached hydrogens (tertiary/aromatic N) is 1. The zero-order chi connectivity index (χ0) is 15.5. The van der Waals surface area contributed by atoms with Gasteiger partial charge in [-0.05, 0) is 43.2 Å². The summed E-state index contributed by atoms with van der Waals surface area (Å²) in [6.45, 7) is 0. The number of hydrogen-bond acceptors (Lipinski definition) is 4. The standard InChI is InChI=1S/C17H19NO4/c1-22-16(21)12-14(19)13-11(10-4-5-10)6-9-18(13)17(15(12)20)7-2-3-8-17/h6,9-10,20H,2-5,7-8H2,1H3. The number of methoxy groups -OCH3 is 1. The molecule has 0 aromatic carbocycles. The summed E-state index contributed by atoms with van der Waals surface area (Å²) in [5, 5.41) is 10.7. The normalized spacial score (nSPS) is 23.0. The van der Waals surface area contributed by atoms with Gasteiger partial charge in [0.1, 0.15) is 16.9 Å². The number of aliphatic hydroxyl groups excluding tert-OH is 1. The molecule has 5 nitrogen and oxygen atoms in total. The molecule has 1 aromatic heterocycles. The molecule has 0 saturated heterocycles. The number of fused-ring (bicyclic) bond motifs is 2. The summed E-state index contributed by atoms with van der Waals surface area (Å²) >= 11 is 0. The van der Waals surface area contributed by atoms with Crippen molar-refractivity contribution >= 4 is 11.8 Å². The van der Waals surface area contributed by atoms with Gasteiger partial charge in [0.2, 0.25) is 5.78 Å². The third-order valence-corrected chi connectivity index (χ3v) is 5.34. The van der Waals surface area contributed by atoms with Crippen molar-refractivity contribution in [3.8, 4) is 0 Å². The highest BCUT2D eigenvalue weighted by Gasteiger charge is 2.50. The average molecular weight is 301 g/mol. The monoisotopic (exact) mass is 301 g/mol. The van der Waals surface area contributed by atoms with E-state index < -0.39 is 17.3 Å². The molecule has 4 rings (SSSR count). The van der Waals surface area contributed by atoms with Crippen LogP contribution in [0.2, 0.25) is 0 Å². The molecule has 0 radical (unpaired) electrons. The van der Waals surface area contributed by atoms with Gasteiger partial charge in [-0.2, -0.15) is 0 Å². The van der Waals surface area contributed by atoms with Gasteiger partial charge in [-0.3, -0.25) is 4.79 Å². The van der Waals surface area contributed by atoms with E-state index in [4.69, 9.17) is 4.74 Å². The highest BCUT2D eigenvalue weighted by molar-refractivity contribution is 6.25. The number of aromatic nitrogens is 1. The van der Waals surface area contributed by atoms with Crippen LogP contribution in [0.5, 0.6) is 0 Å². The van der Waals surface area contributed by atoms with Crippen molar-refractivity contribution in [2.24, 2.45) is 0 Å². The second-order valence-electron chi connectivity index (χ2n) is 6.55. The van der Waals surface area contributed by atoms with E-state index in [1.807, 2.05) is 16.8 Å². The van der Waals surface area contributed by atoms with Crippen molar-refractivity contribution in [3.05, 3.63) is 34.9 Å². The maximum absolute atomic E-state index is 12.8. The van der Waals surface area contributed by atoms with Crippen LogP contribution in [0.1, 0.15) is 60.5 Å². The Kier molecular flexibility index (Phi) is 2.77. The maximum atomic E-state index is 12.8. The predicted octanol–water partition coefficient (Wildman–Crippen LogP) is 2.82. The molecule has 1 aromatic rings. The van der Waals surface area contributed by atoms with Gasteiger partial charge >= 0.3 is 5.97 Å². The summed E-state index contributed by atoms with van der Waals surface area (Å²) in [6, 6.07) is 1.98. The fraction of sp³-hybridized carbons (Fsp3) is 0.529. The lowest BCUT2D eigenvalue weighted by Crippen LogP contribution is -2.42. The summed E-state index contributed by atoms with van der Waals surface area (Å²) in [6.07, 6.45) is 7.53. The quantitative estimate of drug-likeness (QED) is 0.673. The van der Waals surface area contributed by atoms with Crippen LogP contribution in [0, 0.1) is 0 Å². The van der Waals surface area contributed by atoms with Crippen LogP contribution in [0.4, 0.5) is 0 Å². The summed E-state index contributed by atoms with van der Waals surface area (Å²) in [4.78, 5) is 24.9. The maximum Gasteiger partial charge on any atom is 0.345 e. The van der Waals surface area contributed by atoms with Crippen molar-refractivity contribution in [1.82, 2.24) is 4.57 Å². The molecule has 5 heteroatoms. The molecule has 2 heterocycles. The van der Waals surface area contributed by atoms with Gasteiger partial charge in [0.25, 0.3) is 0 Å². The molecule has 2 saturated carbocycles. The number of rotatable bonds is 2. The zero-order valence-electron chi connectivity index (χ0n) is 12.6. The van der Waals surface area contributed by atoms with E-state index in [-0.39, 0.29) is 11.3 Å². The molecule has 0 amide bonds. The Balaban J connectivity index is 1.96. The fourth-order valence-electron chi connectivity index (χ4n) is 4.07. The van der Waals surface area contributed by atoms with Crippen LogP contribution in [-0.2, 0) is 15.1 Å². The van der Waals surface area contributed by atoms with Crippen molar-refractivity contribution in [1.29, 1.82) is 0 Å². The van der Waals surface area contributed by atoms with E-state index in [0.717, 1.165) is 44.1 Å². The Morgan fingerprint density at radius 3 is 2.64 bits per heavy atom. The number of allylic oxidation sites excluding steroid dienone is 1. The van der Waals surface area contributed by atoms with Crippen LogP contribution >= 0.6 is 0 Å². The number of Topliss-reactive ketones (excluding diaryl/α,β-unsaturated/α-hetero) is 1. The van der Waals surface area contributed by atoms with Gasteiger partial charge in [0, 0.05) is 6.20 Å². The lowest BCUT2D eigenvalue weighted by Gasteiger charge is -2.36. The summed E-state index contributed by atoms with van der Waals surface area (Å²) in [5.41, 5.74) is 0.796. The first-order valence-corrected chi connectivity index (χ1v) is 7.88. The molecule has 116 valence electrons. The van der Waals surface area contributed by atoms with E-state index in [9.17, 15) is 14.7 Å². The number of hydrogen-bond donors (Lipinski definition) is 1. The summed E-state index contributed by atoms with van der Waals surface area (Å²) in [5.74, 6) is -0.818. The lowest BCUT2D eigenvalue weighted by atomic mass is 9.84. The van der Waals surface area contributed by atoms with Crippen molar-refractivity contribution in [2.75, 3.05) is 7.11 Å². The molecule has 2 fully saturated rings. The Labute approximate surface area is 128 Å². The molecule has 3 aliphatic rings. The number of aliphatic hydroxyl groups is 1. The third-order valence-electron chi connectivity index (χ3n) is 5.34. The average Bonchev–Trinajstić information content (AvgIpc) is 3.07. The largest absolute Gasteiger partial charge is 0.509 e. The summed E-state index contributed by atoms with van der Waals surface area (Å²) in [7, 11) is 1.24. The molecule has 0 unspecified atom stereocenters. The third kappa shape index (κ3) is 1.59. The zero-order valence-corrected chi connectivity index (χ0v) is 12.6. The topological polar surface area (TPSA) is 68.5 Å².